The van der Waals surface area contributed by atoms with Gasteiger partial charge in [0, 0.05) is 15.8 Å². The minimum absolute atomic E-state index is 0.0158. The Hall–Kier alpha value is -3.32. The molecule has 4 rings (SSSR count). The second-order valence-electron chi connectivity index (χ2n) is 11.5. The van der Waals surface area contributed by atoms with Crippen LogP contribution in [-0.4, -0.2) is 34.2 Å². The van der Waals surface area contributed by atoms with E-state index in [9.17, 15) is 14.7 Å². The van der Waals surface area contributed by atoms with Gasteiger partial charge in [-0.05, 0) is 78.3 Å². The number of amides is 2. The molecule has 2 atom stereocenters. The third-order valence-electron chi connectivity index (χ3n) is 7.37. The molecular weight excluding hydrogens is 506 g/mol. The monoisotopic (exact) mass is 545 g/mol. The maximum Gasteiger partial charge on any atom is 0.363 e. The lowest BCUT2D eigenvalue weighted by Crippen LogP contribution is -2.41. The number of hydrogen-bond acceptors (Lipinski definition) is 4. The SMILES string of the molecule is CCc1sc(-c2ccc(CCCC3N=NC(=O)N3C(C)Cc3ccc(C(C)(C)C)cc3)cc2)cc1CC(=O)O. The fourth-order valence-electron chi connectivity index (χ4n) is 5.16. The van der Waals surface area contributed by atoms with Crippen LogP contribution in [0.4, 0.5) is 4.79 Å². The largest absolute Gasteiger partial charge is 0.481 e. The smallest absolute Gasteiger partial charge is 0.363 e. The summed E-state index contributed by atoms with van der Waals surface area (Å²) in [6, 6.07) is 19.0. The van der Waals surface area contributed by atoms with Crippen molar-refractivity contribution in [2.24, 2.45) is 10.2 Å². The Morgan fingerprint density at radius 3 is 2.36 bits per heavy atom. The number of benzene rings is 2. The molecule has 6 nitrogen and oxygen atoms in total. The van der Waals surface area contributed by atoms with Crippen molar-refractivity contribution in [2.45, 2.75) is 90.8 Å². The number of rotatable bonds is 11. The number of nitrogens with zero attached hydrogens (tertiary/aromatic N) is 3. The summed E-state index contributed by atoms with van der Waals surface area (Å²) in [7, 11) is 0. The van der Waals surface area contributed by atoms with Crippen LogP contribution >= 0.6 is 11.3 Å². The maximum atomic E-state index is 12.5. The van der Waals surface area contributed by atoms with Gasteiger partial charge in [0.25, 0.3) is 0 Å². The molecule has 7 heteroatoms. The van der Waals surface area contributed by atoms with Gasteiger partial charge in [-0.25, -0.2) is 4.79 Å². The summed E-state index contributed by atoms with van der Waals surface area (Å²) in [5, 5.41) is 17.4. The maximum absolute atomic E-state index is 12.5. The average molecular weight is 546 g/mol. The van der Waals surface area contributed by atoms with Crippen molar-refractivity contribution in [1.82, 2.24) is 4.90 Å². The molecule has 0 radical (unpaired) electrons. The molecule has 0 spiro atoms. The van der Waals surface area contributed by atoms with Gasteiger partial charge < -0.3 is 5.11 Å². The highest BCUT2D eigenvalue weighted by Gasteiger charge is 2.33. The number of hydrogen-bond donors (Lipinski definition) is 1. The first-order chi connectivity index (χ1) is 18.5. The van der Waals surface area contributed by atoms with Gasteiger partial charge in [0.1, 0.15) is 6.17 Å². The number of azo groups is 1. The fourth-order valence-corrected chi connectivity index (χ4v) is 6.28. The molecule has 2 heterocycles. The molecule has 2 unspecified atom stereocenters. The number of carbonyl (C=O) groups excluding carboxylic acids is 1. The van der Waals surface area contributed by atoms with Crippen LogP contribution in [0.5, 0.6) is 0 Å². The van der Waals surface area contributed by atoms with E-state index in [1.54, 1.807) is 11.3 Å². The molecule has 206 valence electrons. The first kappa shape index (κ1) is 28.7. The molecule has 39 heavy (non-hydrogen) atoms. The molecule has 0 fully saturated rings. The second kappa shape index (κ2) is 12.2. The Labute approximate surface area is 235 Å². The van der Waals surface area contributed by atoms with E-state index < -0.39 is 5.97 Å². The van der Waals surface area contributed by atoms with E-state index in [1.807, 2.05) is 11.0 Å². The van der Waals surface area contributed by atoms with E-state index in [-0.39, 0.29) is 30.1 Å². The topological polar surface area (TPSA) is 82.3 Å². The normalized spacial score (nSPS) is 16.2. The lowest BCUT2D eigenvalue weighted by molar-refractivity contribution is -0.136. The van der Waals surface area contributed by atoms with Gasteiger partial charge in [0.2, 0.25) is 0 Å². The van der Waals surface area contributed by atoms with E-state index in [0.29, 0.717) is 0 Å². The van der Waals surface area contributed by atoms with Gasteiger partial charge in [0.05, 0.1) is 6.42 Å². The summed E-state index contributed by atoms with van der Waals surface area (Å²) in [5.41, 5.74) is 5.89. The lowest BCUT2D eigenvalue weighted by atomic mass is 9.86. The second-order valence-corrected chi connectivity index (χ2v) is 12.6. The summed E-state index contributed by atoms with van der Waals surface area (Å²) < 4.78 is 0. The molecule has 0 saturated carbocycles. The Kier molecular flexibility index (Phi) is 9.01. The average Bonchev–Trinajstić information content (AvgIpc) is 3.46. The molecule has 2 aromatic carbocycles. The van der Waals surface area contributed by atoms with Crippen molar-refractivity contribution in [1.29, 1.82) is 0 Å². The van der Waals surface area contributed by atoms with E-state index >= 15 is 0 Å². The number of aliphatic carboxylic acids is 1. The van der Waals surface area contributed by atoms with Crippen molar-refractivity contribution >= 4 is 23.3 Å². The predicted octanol–water partition coefficient (Wildman–Crippen LogP) is 8.07. The summed E-state index contributed by atoms with van der Waals surface area (Å²) >= 11 is 1.68. The van der Waals surface area contributed by atoms with Crippen molar-refractivity contribution in [3.8, 4) is 10.4 Å². The number of aryl methyl sites for hydroxylation is 2. The van der Waals surface area contributed by atoms with Crippen LogP contribution in [0.25, 0.3) is 10.4 Å². The van der Waals surface area contributed by atoms with E-state index in [2.05, 4.69) is 93.4 Å². The first-order valence-corrected chi connectivity index (χ1v) is 14.6. The third-order valence-corrected chi connectivity index (χ3v) is 8.74. The van der Waals surface area contributed by atoms with E-state index in [0.717, 1.165) is 53.0 Å². The van der Waals surface area contributed by atoms with Gasteiger partial charge in [0.15, 0.2) is 0 Å². The van der Waals surface area contributed by atoms with Crippen LogP contribution in [0.1, 0.15) is 74.6 Å². The van der Waals surface area contributed by atoms with Crippen LogP contribution in [0.3, 0.4) is 0 Å². The third kappa shape index (κ3) is 7.21. The summed E-state index contributed by atoms with van der Waals surface area (Å²) in [6.07, 6.45) is 4.03. The van der Waals surface area contributed by atoms with Crippen molar-refractivity contribution < 1.29 is 14.7 Å². The molecule has 0 saturated heterocycles. The van der Waals surface area contributed by atoms with E-state index in [4.69, 9.17) is 0 Å². The molecule has 3 aromatic rings. The highest BCUT2D eigenvalue weighted by molar-refractivity contribution is 7.15. The molecule has 2 amide bonds. The number of urea groups is 1. The minimum atomic E-state index is -0.796. The van der Waals surface area contributed by atoms with Crippen molar-refractivity contribution in [3.63, 3.8) is 0 Å². The molecule has 0 bridgehead atoms. The van der Waals surface area contributed by atoms with Gasteiger partial charge in [-0.15, -0.1) is 11.3 Å². The zero-order chi connectivity index (χ0) is 28.2. The quantitative estimate of drug-likeness (QED) is 0.264. The Bertz CT molecular complexity index is 1320. The van der Waals surface area contributed by atoms with Crippen molar-refractivity contribution in [3.05, 3.63) is 81.7 Å². The molecule has 1 aliphatic heterocycles. The number of carbonyl (C=O) groups is 2. The first-order valence-electron chi connectivity index (χ1n) is 13.8. The van der Waals surface area contributed by atoms with Gasteiger partial charge in [-0.3, -0.25) is 9.69 Å². The Morgan fingerprint density at radius 2 is 1.74 bits per heavy atom. The summed E-state index contributed by atoms with van der Waals surface area (Å²) in [4.78, 5) is 27.8. The Balaban J connectivity index is 1.32. The highest BCUT2D eigenvalue weighted by Crippen LogP contribution is 2.33. The highest BCUT2D eigenvalue weighted by atomic mass is 32.1. The number of carboxylic acids is 1. The van der Waals surface area contributed by atoms with Crippen LogP contribution in [-0.2, 0) is 35.9 Å². The van der Waals surface area contributed by atoms with E-state index in [1.165, 1.54) is 16.7 Å². The standard InChI is InChI=1S/C32H39N3O3S/c1-6-27-25(20-30(36)37)19-28(39-27)24-14-10-22(11-15-24)8-7-9-29-33-34-31(38)35(29)21(2)18-23-12-16-26(17-13-23)32(3,4)5/h10-17,19,21,29H,6-9,18,20H2,1-5H3,(H,36,37). The zero-order valence-corrected chi connectivity index (χ0v) is 24.4. The lowest BCUT2D eigenvalue weighted by Gasteiger charge is -2.28. The summed E-state index contributed by atoms with van der Waals surface area (Å²) in [6.45, 7) is 10.8. The molecular formula is C32H39N3O3S. The fraction of sp³-hybridized carbons (Fsp3) is 0.438. The number of carboxylic acid groups (broad SMARTS) is 1. The summed E-state index contributed by atoms with van der Waals surface area (Å²) in [5.74, 6) is -0.796. The Morgan fingerprint density at radius 1 is 1.08 bits per heavy atom. The molecule has 0 aliphatic carbocycles. The van der Waals surface area contributed by atoms with Crippen LogP contribution in [0.15, 0.2) is 64.8 Å². The van der Waals surface area contributed by atoms with Gasteiger partial charge >= 0.3 is 12.0 Å². The van der Waals surface area contributed by atoms with Gasteiger partial charge in [-0.2, -0.15) is 5.11 Å². The minimum Gasteiger partial charge on any atom is -0.481 e. The molecule has 1 aliphatic rings. The molecule has 1 aromatic heterocycles. The van der Waals surface area contributed by atoms with Crippen LogP contribution < -0.4 is 0 Å². The van der Waals surface area contributed by atoms with Crippen molar-refractivity contribution in [2.75, 3.05) is 0 Å². The predicted molar refractivity (Wildman–Crippen MR) is 158 cm³/mol. The van der Waals surface area contributed by atoms with Crippen LogP contribution in [0, 0.1) is 0 Å². The van der Waals surface area contributed by atoms with Gasteiger partial charge in [-0.1, -0.05) is 81.3 Å². The van der Waals surface area contributed by atoms with Crippen LogP contribution in [0.2, 0.25) is 0 Å². The number of thiophene rings is 1. The molecule has 1 N–H and O–H groups in total. The zero-order valence-electron chi connectivity index (χ0n) is 23.6.